The van der Waals surface area contributed by atoms with E-state index in [9.17, 15) is 0 Å². The van der Waals surface area contributed by atoms with Gasteiger partial charge in [0.05, 0.1) is 0 Å². The molecule has 0 heterocycles. The maximum absolute atomic E-state index is 4.86. The minimum atomic E-state index is 0.875. The van der Waals surface area contributed by atoms with Crippen LogP contribution in [0.25, 0.3) is 0 Å². The zero-order valence-corrected chi connectivity index (χ0v) is 14.0. The molecule has 0 atom stereocenters. The molecular formula is C19H31N. The van der Waals surface area contributed by atoms with Crippen molar-refractivity contribution in [1.29, 1.82) is 0 Å². The van der Waals surface area contributed by atoms with E-state index in [-0.39, 0.29) is 0 Å². The molecule has 0 fully saturated rings. The Morgan fingerprint density at radius 2 is 1.85 bits per heavy atom. The monoisotopic (exact) mass is 273 g/mol. The third kappa shape index (κ3) is 7.28. The Balaban J connectivity index is 5.12. The standard InChI is InChI=1S/C19H31N/c1-7-12-14-17(9-3)15-16(6)20-19(11-5)18(10-4)13-8-2/h7,9,12,14H,3,8,10-11,13,15H2,1-2,4-6H3/b12-7-,17-14+,19-18+,20-16+. The lowest BCUT2D eigenvalue weighted by molar-refractivity contribution is 0.821. The average molecular weight is 273 g/mol. The van der Waals surface area contributed by atoms with Crippen molar-refractivity contribution in [3.63, 3.8) is 0 Å². The second kappa shape index (κ2) is 11.5. The molecule has 0 N–H and O–H groups in total. The molecule has 0 aromatic carbocycles. The summed E-state index contributed by atoms with van der Waals surface area (Å²) in [7, 11) is 0. The maximum atomic E-state index is 4.86. The van der Waals surface area contributed by atoms with Gasteiger partial charge in [-0.05, 0) is 44.3 Å². The van der Waals surface area contributed by atoms with Crippen LogP contribution in [0.4, 0.5) is 0 Å². The van der Waals surface area contributed by atoms with Gasteiger partial charge in [-0.15, -0.1) is 0 Å². The Kier molecular flexibility index (Phi) is 10.7. The van der Waals surface area contributed by atoms with Gasteiger partial charge in [-0.1, -0.05) is 58.1 Å². The molecule has 0 spiro atoms. The van der Waals surface area contributed by atoms with Crippen LogP contribution in [-0.4, -0.2) is 5.71 Å². The SMILES string of the molecule is C=C/C(=C\C=C/C)C/C(C)=N/C(CC)=C(\CC)CCC. The van der Waals surface area contributed by atoms with Crippen LogP contribution in [0, 0.1) is 0 Å². The van der Waals surface area contributed by atoms with Gasteiger partial charge in [0.1, 0.15) is 0 Å². The van der Waals surface area contributed by atoms with Crippen LogP contribution in [-0.2, 0) is 0 Å². The van der Waals surface area contributed by atoms with Gasteiger partial charge in [0.15, 0.2) is 0 Å². The van der Waals surface area contributed by atoms with Crippen LogP contribution < -0.4 is 0 Å². The lowest BCUT2D eigenvalue weighted by atomic mass is 10.0. The zero-order chi connectivity index (χ0) is 15.4. The van der Waals surface area contributed by atoms with E-state index in [1.807, 2.05) is 19.1 Å². The Bertz CT molecular complexity index is 405. The smallest absolute Gasteiger partial charge is 0.0392 e. The van der Waals surface area contributed by atoms with Gasteiger partial charge in [-0.3, -0.25) is 4.99 Å². The highest BCUT2D eigenvalue weighted by molar-refractivity contribution is 5.85. The molecular weight excluding hydrogens is 242 g/mol. The van der Waals surface area contributed by atoms with Gasteiger partial charge in [0, 0.05) is 17.8 Å². The molecule has 0 saturated carbocycles. The lowest BCUT2D eigenvalue weighted by Crippen LogP contribution is -1.97. The van der Waals surface area contributed by atoms with E-state index in [2.05, 4.69) is 46.4 Å². The van der Waals surface area contributed by atoms with Gasteiger partial charge < -0.3 is 0 Å². The molecule has 0 aliphatic heterocycles. The van der Waals surface area contributed by atoms with E-state index >= 15 is 0 Å². The second-order valence-corrected chi connectivity index (χ2v) is 5.00. The lowest BCUT2D eigenvalue weighted by Gasteiger charge is -2.10. The first-order valence-corrected chi connectivity index (χ1v) is 7.82. The van der Waals surface area contributed by atoms with Crippen molar-refractivity contribution in [2.75, 3.05) is 0 Å². The molecule has 0 bridgehead atoms. The highest BCUT2D eigenvalue weighted by atomic mass is 14.8. The van der Waals surface area contributed by atoms with E-state index in [0.717, 1.165) is 19.3 Å². The molecule has 0 aliphatic rings. The summed E-state index contributed by atoms with van der Waals surface area (Å²) < 4.78 is 0. The largest absolute Gasteiger partial charge is 0.262 e. The number of allylic oxidation sites excluding steroid dienone is 7. The van der Waals surface area contributed by atoms with Gasteiger partial charge in [0.2, 0.25) is 0 Å². The van der Waals surface area contributed by atoms with Crippen LogP contribution >= 0.6 is 0 Å². The Morgan fingerprint density at radius 3 is 2.30 bits per heavy atom. The fraction of sp³-hybridized carbons (Fsp3) is 0.526. The quantitative estimate of drug-likeness (QED) is 0.340. The second-order valence-electron chi connectivity index (χ2n) is 5.00. The molecule has 112 valence electrons. The molecule has 0 radical (unpaired) electrons. The average Bonchev–Trinajstić information content (AvgIpc) is 2.46. The van der Waals surface area contributed by atoms with Crippen molar-refractivity contribution in [1.82, 2.24) is 0 Å². The summed E-state index contributed by atoms with van der Waals surface area (Å²) >= 11 is 0. The molecule has 1 nitrogen and oxygen atoms in total. The van der Waals surface area contributed by atoms with Crippen LogP contribution in [0.3, 0.4) is 0 Å². The molecule has 1 heteroatoms. The molecule has 0 unspecified atom stereocenters. The van der Waals surface area contributed by atoms with Crippen molar-refractivity contribution < 1.29 is 0 Å². The number of hydrogen-bond acceptors (Lipinski definition) is 1. The predicted octanol–water partition coefficient (Wildman–Crippen LogP) is 6.40. The third-order valence-electron chi connectivity index (χ3n) is 3.27. The zero-order valence-electron chi connectivity index (χ0n) is 14.0. The first kappa shape index (κ1) is 18.6. The molecule has 0 aromatic rings. The van der Waals surface area contributed by atoms with Gasteiger partial charge in [0.25, 0.3) is 0 Å². The van der Waals surface area contributed by atoms with Crippen molar-refractivity contribution in [3.8, 4) is 0 Å². The summed E-state index contributed by atoms with van der Waals surface area (Å²) in [6, 6.07) is 0. The van der Waals surface area contributed by atoms with Crippen molar-refractivity contribution in [3.05, 3.63) is 47.7 Å². The highest BCUT2D eigenvalue weighted by Gasteiger charge is 2.03. The molecule has 0 aliphatic carbocycles. The number of rotatable bonds is 9. The predicted molar refractivity (Wildman–Crippen MR) is 93.3 cm³/mol. The van der Waals surface area contributed by atoms with Crippen LogP contribution in [0.5, 0.6) is 0 Å². The maximum Gasteiger partial charge on any atom is 0.0392 e. The van der Waals surface area contributed by atoms with E-state index in [1.165, 1.54) is 35.4 Å². The number of nitrogens with zero attached hydrogens (tertiary/aromatic N) is 1. The Morgan fingerprint density at radius 1 is 1.15 bits per heavy atom. The molecule has 0 amide bonds. The van der Waals surface area contributed by atoms with Crippen molar-refractivity contribution in [2.24, 2.45) is 4.99 Å². The van der Waals surface area contributed by atoms with Crippen LogP contribution in [0.15, 0.2) is 52.7 Å². The molecule has 20 heavy (non-hydrogen) atoms. The minimum Gasteiger partial charge on any atom is -0.262 e. The van der Waals surface area contributed by atoms with Crippen LogP contribution in [0.2, 0.25) is 0 Å². The molecule has 0 rings (SSSR count). The fourth-order valence-corrected chi connectivity index (χ4v) is 2.22. The van der Waals surface area contributed by atoms with E-state index in [0.29, 0.717) is 0 Å². The summed E-state index contributed by atoms with van der Waals surface area (Å²) in [6.45, 7) is 14.7. The van der Waals surface area contributed by atoms with Crippen molar-refractivity contribution in [2.45, 2.75) is 66.7 Å². The molecule has 0 saturated heterocycles. The third-order valence-corrected chi connectivity index (χ3v) is 3.27. The van der Waals surface area contributed by atoms with Gasteiger partial charge in [-0.2, -0.15) is 0 Å². The summed E-state index contributed by atoms with van der Waals surface area (Å²) in [5, 5.41) is 0. The first-order chi connectivity index (χ1) is 9.62. The van der Waals surface area contributed by atoms with Gasteiger partial charge >= 0.3 is 0 Å². The first-order valence-electron chi connectivity index (χ1n) is 7.82. The summed E-state index contributed by atoms with van der Waals surface area (Å²) in [5.74, 6) is 0. The van der Waals surface area contributed by atoms with E-state index < -0.39 is 0 Å². The molecule has 0 aromatic heterocycles. The fourth-order valence-electron chi connectivity index (χ4n) is 2.22. The van der Waals surface area contributed by atoms with Gasteiger partial charge in [-0.25, -0.2) is 0 Å². The normalized spacial score (nSPS) is 14.7. The summed E-state index contributed by atoms with van der Waals surface area (Å²) in [6.07, 6.45) is 13.5. The van der Waals surface area contributed by atoms with E-state index in [4.69, 9.17) is 4.99 Å². The highest BCUT2D eigenvalue weighted by Crippen LogP contribution is 2.20. The number of aliphatic imine (C=N–C) groups is 1. The van der Waals surface area contributed by atoms with E-state index in [1.54, 1.807) is 0 Å². The Labute approximate surface area is 125 Å². The van der Waals surface area contributed by atoms with Crippen molar-refractivity contribution >= 4 is 5.71 Å². The summed E-state index contributed by atoms with van der Waals surface area (Å²) in [5.41, 5.74) is 5.17. The number of hydrogen-bond donors (Lipinski definition) is 0. The topological polar surface area (TPSA) is 12.4 Å². The van der Waals surface area contributed by atoms with Crippen LogP contribution in [0.1, 0.15) is 66.7 Å². The minimum absolute atomic E-state index is 0.875. The summed E-state index contributed by atoms with van der Waals surface area (Å²) in [4.78, 5) is 4.86. The Hall–Kier alpha value is -1.37.